The maximum Gasteiger partial charge on any atom is 0.321 e. The summed E-state index contributed by atoms with van der Waals surface area (Å²) in [6.45, 7) is 4.25. The number of benzene rings is 2. The van der Waals surface area contributed by atoms with Crippen LogP contribution in [0.1, 0.15) is 18.4 Å². The summed E-state index contributed by atoms with van der Waals surface area (Å²) in [5, 5.41) is 0. The molecule has 0 spiro atoms. The second-order valence-electron chi connectivity index (χ2n) is 6.70. The predicted molar refractivity (Wildman–Crippen MR) is 113 cm³/mol. The SMILES string of the molecule is CCOc1ccccc1-n1ccn(Cc2nc(-c3ccccc3)oc2C)c(=O)c1=O. The van der Waals surface area contributed by atoms with Gasteiger partial charge in [-0.1, -0.05) is 30.3 Å². The molecule has 0 radical (unpaired) electrons. The van der Waals surface area contributed by atoms with Crippen molar-refractivity contribution in [3.8, 4) is 22.9 Å². The standard InChI is InChI=1S/C23H21N3O4/c1-3-29-20-12-8-7-11-19(20)26-14-13-25(22(27)23(26)28)15-18-16(2)30-21(24-18)17-9-5-4-6-10-17/h4-14H,3,15H2,1-2H3. The molecule has 0 saturated heterocycles. The summed E-state index contributed by atoms with van der Waals surface area (Å²) in [5.41, 5.74) is 0.670. The Balaban J connectivity index is 1.68. The van der Waals surface area contributed by atoms with Crippen LogP contribution in [0.3, 0.4) is 0 Å². The summed E-state index contributed by atoms with van der Waals surface area (Å²) in [4.78, 5) is 30.0. The first kappa shape index (κ1) is 19.4. The molecular weight excluding hydrogens is 382 g/mol. The normalized spacial score (nSPS) is 10.9. The van der Waals surface area contributed by atoms with E-state index in [4.69, 9.17) is 9.15 Å². The summed E-state index contributed by atoms with van der Waals surface area (Å²) >= 11 is 0. The van der Waals surface area contributed by atoms with E-state index in [1.165, 1.54) is 9.13 Å². The van der Waals surface area contributed by atoms with Crippen LogP contribution in [-0.2, 0) is 6.54 Å². The Kier molecular flexibility index (Phi) is 5.34. The van der Waals surface area contributed by atoms with Gasteiger partial charge in [-0.15, -0.1) is 0 Å². The van der Waals surface area contributed by atoms with Gasteiger partial charge in [0.2, 0.25) is 5.89 Å². The first-order chi connectivity index (χ1) is 14.6. The number of ether oxygens (including phenoxy) is 1. The number of rotatable bonds is 6. The molecule has 0 aliphatic carbocycles. The molecule has 2 heterocycles. The van der Waals surface area contributed by atoms with Crippen LogP contribution < -0.4 is 15.9 Å². The third kappa shape index (κ3) is 3.69. The average molecular weight is 403 g/mol. The second kappa shape index (κ2) is 8.24. The number of aryl methyl sites for hydroxylation is 1. The topological polar surface area (TPSA) is 79.3 Å². The van der Waals surface area contributed by atoms with E-state index in [0.29, 0.717) is 35.4 Å². The van der Waals surface area contributed by atoms with Gasteiger partial charge in [0, 0.05) is 18.0 Å². The summed E-state index contributed by atoms with van der Waals surface area (Å²) in [6, 6.07) is 16.6. The minimum absolute atomic E-state index is 0.143. The molecule has 0 amide bonds. The van der Waals surface area contributed by atoms with Crippen molar-refractivity contribution in [3.05, 3.63) is 99.2 Å². The van der Waals surface area contributed by atoms with Crippen LogP contribution >= 0.6 is 0 Å². The van der Waals surface area contributed by atoms with Gasteiger partial charge < -0.3 is 13.7 Å². The molecule has 0 aliphatic heterocycles. The van der Waals surface area contributed by atoms with Crippen molar-refractivity contribution in [3.63, 3.8) is 0 Å². The van der Waals surface area contributed by atoms with Crippen molar-refractivity contribution in [2.45, 2.75) is 20.4 Å². The Hall–Kier alpha value is -3.87. The summed E-state index contributed by atoms with van der Waals surface area (Å²) in [5.74, 6) is 1.63. The molecule has 0 atom stereocenters. The Morgan fingerprint density at radius 2 is 1.70 bits per heavy atom. The lowest BCUT2D eigenvalue weighted by Crippen LogP contribution is -2.40. The molecule has 2 aromatic carbocycles. The Morgan fingerprint density at radius 3 is 2.47 bits per heavy atom. The number of oxazole rings is 1. The van der Waals surface area contributed by atoms with Gasteiger partial charge in [-0.05, 0) is 38.1 Å². The highest BCUT2D eigenvalue weighted by Crippen LogP contribution is 2.22. The quantitative estimate of drug-likeness (QED) is 0.461. The molecule has 0 N–H and O–H groups in total. The minimum Gasteiger partial charge on any atom is -0.492 e. The highest BCUT2D eigenvalue weighted by atomic mass is 16.5. The fourth-order valence-electron chi connectivity index (χ4n) is 3.20. The van der Waals surface area contributed by atoms with E-state index < -0.39 is 11.1 Å². The van der Waals surface area contributed by atoms with Crippen molar-refractivity contribution in [2.24, 2.45) is 0 Å². The summed E-state index contributed by atoms with van der Waals surface area (Å²) in [6.07, 6.45) is 3.14. The lowest BCUT2D eigenvalue weighted by molar-refractivity contribution is 0.339. The van der Waals surface area contributed by atoms with E-state index in [0.717, 1.165) is 5.56 Å². The Labute approximate surface area is 172 Å². The fraction of sp³-hybridized carbons (Fsp3) is 0.174. The summed E-state index contributed by atoms with van der Waals surface area (Å²) < 4.78 is 14.0. The lowest BCUT2D eigenvalue weighted by atomic mass is 10.2. The van der Waals surface area contributed by atoms with E-state index >= 15 is 0 Å². The van der Waals surface area contributed by atoms with Gasteiger partial charge in [-0.2, -0.15) is 0 Å². The lowest BCUT2D eigenvalue weighted by Gasteiger charge is -2.12. The number of nitrogens with zero attached hydrogens (tertiary/aromatic N) is 3. The van der Waals surface area contributed by atoms with Crippen LogP contribution in [-0.4, -0.2) is 20.7 Å². The third-order valence-electron chi connectivity index (χ3n) is 4.72. The van der Waals surface area contributed by atoms with Gasteiger partial charge >= 0.3 is 11.1 Å². The number of hydrogen-bond acceptors (Lipinski definition) is 5. The van der Waals surface area contributed by atoms with Crippen molar-refractivity contribution in [2.75, 3.05) is 6.61 Å². The first-order valence-electron chi connectivity index (χ1n) is 9.64. The second-order valence-corrected chi connectivity index (χ2v) is 6.70. The third-order valence-corrected chi connectivity index (χ3v) is 4.72. The highest BCUT2D eigenvalue weighted by Gasteiger charge is 2.15. The molecular formula is C23H21N3O4. The van der Waals surface area contributed by atoms with E-state index in [-0.39, 0.29) is 6.54 Å². The maximum absolute atomic E-state index is 12.8. The van der Waals surface area contributed by atoms with Crippen molar-refractivity contribution in [1.82, 2.24) is 14.1 Å². The van der Waals surface area contributed by atoms with Crippen molar-refractivity contribution >= 4 is 0 Å². The van der Waals surface area contributed by atoms with E-state index in [9.17, 15) is 9.59 Å². The van der Waals surface area contributed by atoms with Crippen LogP contribution in [0, 0.1) is 6.92 Å². The molecule has 0 aliphatic rings. The molecule has 0 bridgehead atoms. The summed E-state index contributed by atoms with van der Waals surface area (Å²) in [7, 11) is 0. The minimum atomic E-state index is -0.658. The highest BCUT2D eigenvalue weighted by molar-refractivity contribution is 5.53. The largest absolute Gasteiger partial charge is 0.492 e. The zero-order valence-electron chi connectivity index (χ0n) is 16.7. The molecule has 7 heteroatoms. The fourth-order valence-corrected chi connectivity index (χ4v) is 3.20. The van der Waals surface area contributed by atoms with Crippen molar-refractivity contribution < 1.29 is 9.15 Å². The van der Waals surface area contributed by atoms with E-state index in [1.807, 2.05) is 43.3 Å². The van der Waals surface area contributed by atoms with Gasteiger partial charge in [0.1, 0.15) is 17.2 Å². The van der Waals surface area contributed by atoms with Crippen LogP contribution in [0.25, 0.3) is 17.1 Å². The molecule has 0 unspecified atom stereocenters. The number of aromatic nitrogens is 3. The zero-order valence-corrected chi connectivity index (χ0v) is 16.7. The molecule has 0 saturated carbocycles. The van der Waals surface area contributed by atoms with Gasteiger partial charge in [-0.25, -0.2) is 4.98 Å². The van der Waals surface area contributed by atoms with Crippen LogP contribution in [0.5, 0.6) is 5.75 Å². The van der Waals surface area contributed by atoms with Crippen LogP contribution in [0.2, 0.25) is 0 Å². The monoisotopic (exact) mass is 403 g/mol. The van der Waals surface area contributed by atoms with E-state index in [2.05, 4.69) is 4.98 Å². The molecule has 4 aromatic rings. The van der Waals surface area contributed by atoms with Gasteiger partial charge in [0.15, 0.2) is 0 Å². The van der Waals surface area contributed by atoms with Gasteiger partial charge in [0.25, 0.3) is 0 Å². The molecule has 2 aromatic heterocycles. The molecule has 4 rings (SSSR count). The van der Waals surface area contributed by atoms with E-state index in [1.54, 1.807) is 37.5 Å². The molecule has 152 valence electrons. The average Bonchev–Trinajstić information content (AvgIpc) is 3.13. The number of para-hydroxylation sites is 2. The molecule has 0 fully saturated rings. The van der Waals surface area contributed by atoms with Crippen molar-refractivity contribution in [1.29, 1.82) is 0 Å². The Morgan fingerprint density at radius 1 is 0.967 bits per heavy atom. The van der Waals surface area contributed by atoms with Crippen LogP contribution in [0.15, 0.2) is 81.0 Å². The number of hydrogen-bond donors (Lipinski definition) is 0. The maximum atomic E-state index is 12.8. The molecule has 30 heavy (non-hydrogen) atoms. The van der Waals surface area contributed by atoms with Gasteiger partial charge in [0.05, 0.1) is 18.8 Å². The zero-order chi connectivity index (χ0) is 21.1. The van der Waals surface area contributed by atoms with Crippen LogP contribution in [0.4, 0.5) is 0 Å². The smallest absolute Gasteiger partial charge is 0.321 e. The first-order valence-corrected chi connectivity index (χ1v) is 9.64. The predicted octanol–water partition coefficient (Wildman–Crippen LogP) is 3.41. The Bertz CT molecular complexity index is 1290. The molecule has 7 nitrogen and oxygen atoms in total. The van der Waals surface area contributed by atoms with Gasteiger partial charge in [-0.3, -0.25) is 14.2 Å².